The summed E-state index contributed by atoms with van der Waals surface area (Å²) in [7, 11) is 0. The van der Waals surface area contributed by atoms with Crippen molar-refractivity contribution in [3.05, 3.63) is 35.5 Å². The molecule has 3 unspecified atom stereocenters. The molecule has 0 radical (unpaired) electrons. The molecule has 4 aliphatic rings. The third-order valence-corrected chi connectivity index (χ3v) is 9.18. The highest BCUT2D eigenvalue weighted by Crippen LogP contribution is 2.59. The van der Waals surface area contributed by atoms with Crippen LogP contribution in [0.5, 0.6) is 0 Å². The molecular weight excluding hydrogens is 386 g/mol. The fourth-order valence-corrected chi connectivity index (χ4v) is 7.18. The Bertz CT molecular complexity index is 722. The van der Waals surface area contributed by atoms with E-state index in [-0.39, 0.29) is 5.92 Å². The summed E-state index contributed by atoms with van der Waals surface area (Å²) in [5, 5.41) is 20.7. The summed E-state index contributed by atoms with van der Waals surface area (Å²) in [6.45, 7) is 16.2. The highest BCUT2D eigenvalue weighted by atomic mass is 16.5. The van der Waals surface area contributed by atoms with Crippen molar-refractivity contribution < 1.29 is 14.9 Å². The van der Waals surface area contributed by atoms with Crippen molar-refractivity contribution in [1.82, 2.24) is 4.90 Å². The molecule has 3 saturated carbocycles. The van der Waals surface area contributed by atoms with E-state index >= 15 is 0 Å². The van der Waals surface area contributed by atoms with Gasteiger partial charge in [0, 0.05) is 25.6 Å². The first kappa shape index (κ1) is 23.2. The molecule has 3 aliphatic carbocycles. The lowest BCUT2D eigenvalue weighted by Crippen LogP contribution is -2.43. The van der Waals surface area contributed by atoms with Crippen LogP contribution < -0.4 is 0 Å². The van der Waals surface area contributed by atoms with Gasteiger partial charge in [-0.1, -0.05) is 45.1 Å². The Hall–Kier alpha value is -0.940. The number of fused-ring (bicyclic) bond motifs is 1. The Morgan fingerprint density at radius 3 is 2.71 bits per heavy atom. The van der Waals surface area contributed by atoms with Gasteiger partial charge in [-0.2, -0.15) is 0 Å². The van der Waals surface area contributed by atoms with Crippen molar-refractivity contribution >= 4 is 0 Å². The second-order valence-electron chi connectivity index (χ2n) is 11.0. The number of morpholine rings is 1. The average Bonchev–Trinajstić information content (AvgIpc) is 3.12. The van der Waals surface area contributed by atoms with E-state index < -0.39 is 12.2 Å². The zero-order valence-electron chi connectivity index (χ0n) is 19.9. The van der Waals surface area contributed by atoms with E-state index in [9.17, 15) is 10.2 Å². The second kappa shape index (κ2) is 9.51. The second-order valence-corrected chi connectivity index (χ2v) is 11.0. The predicted molar refractivity (Wildman–Crippen MR) is 126 cm³/mol. The summed E-state index contributed by atoms with van der Waals surface area (Å²) >= 11 is 0. The number of hydrogen-bond acceptors (Lipinski definition) is 4. The summed E-state index contributed by atoms with van der Waals surface area (Å²) in [5.41, 5.74) is 3.79. The van der Waals surface area contributed by atoms with Gasteiger partial charge in [-0.15, -0.1) is 0 Å². The average molecular weight is 430 g/mol. The van der Waals surface area contributed by atoms with Gasteiger partial charge in [-0.3, -0.25) is 4.90 Å². The summed E-state index contributed by atoms with van der Waals surface area (Å²) < 4.78 is 5.54. The van der Waals surface area contributed by atoms with Gasteiger partial charge in [0.15, 0.2) is 0 Å². The maximum Gasteiger partial charge on any atom is 0.0837 e. The first-order valence-electron chi connectivity index (χ1n) is 12.6. The molecule has 4 heteroatoms. The van der Waals surface area contributed by atoms with Gasteiger partial charge >= 0.3 is 0 Å². The number of ether oxygens (including phenoxy) is 1. The number of rotatable bonds is 4. The quantitative estimate of drug-likeness (QED) is 0.698. The number of hydrogen-bond donors (Lipinski definition) is 2. The topological polar surface area (TPSA) is 52.9 Å². The number of nitrogens with zero attached hydrogens (tertiary/aromatic N) is 1. The molecule has 0 aromatic carbocycles. The third kappa shape index (κ3) is 4.59. The van der Waals surface area contributed by atoms with E-state index in [2.05, 4.69) is 37.5 Å². The molecule has 1 heterocycles. The fraction of sp³-hybridized carbons (Fsp3) is 0.778. The Kier molecular flexibility index (Phi) is 7.12. The zero-order chi connectivity index (χ0) is 22.2. The predicted octanol–water partition coefficient (Wildman–Crippen LogP) is 4.34. The number of allylic oxidation sites excluding steroid dienone is 3. The van der Waals surface area contributed by atoms with Gasteiger partial charge in [-0.05, 0) is 72.8 Å². The smallest absolute Gasteiger partial charge is 0.0837 e. The van der Waals surface area contributed by atoms with Crippen LogP contribution >= 0.6 is 0 Å². The van der Waals surface area contributed by atoms with Crippen LogP contribution in [-0.2, 0) is 4.74 Å². The van der Waals surface area contributed by atoms with E-state index in [1.165, 1.54) is 38.6 Å². The van der Waals surface area contributed by atoms with Gasteiger partial charge in [0.2, 0.25) is 0 Å². The molecule has 0 amide bonds. The van der Waals surface area contributed by atoms with E-state index in [4.69, 9.17) is 4.74 Å². The molecule has 1 saturated heterocycles. The lowest BCUT2D eigenvalue weighted by molar-refractivity contribution is 0.0154. The third-order valence-electron chi connectivity index (χ3n) is 9.18. The molecule has 0 aromatic heterocycles. The minimum absolute atomic E-state index is 0.140. The van der Waals surface area contributed by atoms with Crippen molar-refractivity contribution in [2.24, 2.45) is 29.1 Å². The van der Waals surface area contributed by atoms with Crippen LogP contribution in [0.25, 0.3) is 0 Å². The van der Waals surface area contributed by atoms with Crippen LogP contribution in [0.4, 0.5) is 0 Å². The molecule has 7 atom stereocenters. The summed E-state index contributed by atoms with van der Waals surface area (Å²) in [6.07, 6.45) is 10.4. The first-order chi connectivity index (χ1) is 14.8. The highest BCUT2D eigenvalue weighted by molar-refractivity contribution is 5.39. The van der Waals surface area contributed by atoms with Crippen molar-refractivity contribution in [3.8, 4) is 0 Å². The van der Waals surface area contributed by atoms with Crippen molar-refractivity contribution in [1.29, 1.82) is 0 Å². The Morgan fingerprint density at radius 2 is 1.97 bits per heavy atom. The van der Waals surface area contributed by atoms with Gasteiger partial charge in [-0.25, -0.2) is 0 Å². The lowest BCUT2D eigenvalue weighted by atomic mass is 9.61. The lowest BCUT2D eigenvalue weighted by Gasteiger charge is -2.45. The van der Waals surface area contributed by atoms with E-state index in [1.54, 1.807) is 5.57 Å². The van der Waals surface area contributed by atoms with Crippen LogP contribution in [0.3, 0.4) is 0 Å². The monoisotopic (exact) mass is 429 g/mol. The van der Waals surface area contributed by atoms with Crippen LogP contribution in [0.1, 0.15) is 59.3 Å². The van der Waals surface area contributed by atoms with Crippen LogP contribution in [0.2, 0.25) is 0 Å². The van der Waals surface area contributed by atoms with Crippen LogP contribution in [0.15, 0.2) is 35.5 Å². The molecule has 4 nitrogen and oxygen atoms in total. The molecule has 4 rings (SSSR count). The standard InChI is InChI=1S/C27H43NO3/c1-18(17-28-12-14-31-15-13-28)23-9-10-24-21(6-5-11-27(23,24)4)7-8-22-16-25(29)20(3)26(30)19(22)2/h7-8,18,20,23-26,29-30H,2,5-6,9-17H2,1,3-4H3/b21-7+,22-8-/t18-,20?,23-,24+,25?,26?,27-/m1/s1. The maximum atomic E-state index is 10.4. The molecule has 1 aliphatic heterocycles. The molecular formula is C27H43NO3. The minimum atomic E-state index is -0.637. The maximum absolute atomic E-state index is 10.4. The van der Waals surface area contributed by atoms with E-state index in [0.717, 1.165) is 49.3 Å². The molecule has 2 N–H and O–H groups in total. The van der Waals surface area contributed by atoms with E-state index in [1.807, 2.05) is 6.92 Å². The fourth-order valence-electron chi connectivity index (χ4n) is 7.18. The first-order valence-corrected chi connectivity index (χ1v) is 12.6. The summed E-state index contributed by atoms with van der Waals surface area (Å²) in [4.78, 5) is 2.60. The Balaban J connectivity index is 1.47. The van der Waals surface area contributed by atoms with Crippen LogP contribution in [0, 0.1) is 29.1 Å². The zero-order valence-corrected chi connectivity index (χ0v) is 19.9. The van der Waals surface area contributed by atoms with Crippen LogP contribution in [-0.4, -0.2) is 60.2 Å². The Morgan fingerprint density at radius 1 is 1.23 bits per heavy atom. The molecule has 0 spiro atoms. The summed E-state index contributed by atoms with van der Waals surface area (Å²) in [6, 6.07) is 0. The van der Waals surface area contributed by atoms with Gasteiger partial charge in [0.25, 0.3) is 0 Å². The largest absolute Gasteiger partial charge is 0.392 e. The van der Waals surface area contributed by atoms with Crippen molar-refractivity contribution in [2.75, 3.05) is 32.8 Å². The van der Waals surface area contributed by atoms with Crippen molar-refractivity contribution in [3.63, 3.8) is 0 Å². The normalized spacial score (nSPS) is 43.4. The molecule has 174 valence electrons. The van der Waals surface area contributed by atoms with Gasteiger partial charge < -0.3 is 14.9 Å². The molecule has 31 heavy (non-hydrogen) atoms. The van der Waals surface area contributed by atoms with Crippen molar-refractivity contribution in [2.45, 2.75) is 71.5 Å². The Labute approximate surface area is 189 Å². The van der Waals surface area contributed by atoms with E-state index in [0.29, 0.717) is 17.8 Å². The van der Waals surface area contributed by atoms with Gasteiger partial charge in [0.05, 0.1) is 25.4 Å². The highest BCUT2D eigenvalue weighted by Gasteiger charge is 2.50. The minimum Gasteiger partial charge on any atom is -0.392 e. The van der Waals surface area contributed by atoms with Gasteiger partial charge in [0.1, 0.15) is 0 Å². The molecule has 0 aromatic rings. The molecule has 4 fully saturated rings. The molecule has 0 bridgehead atoms. The number of aliphatic hydroxyl groups is 2. The summed E-state index contributed by atoms with van der Waals surface area (Å²) in [5.74, 6) is 2.03. The SMILES string of the molecule is C=C1/C(=C\C=C2/CCC[C@]3(C)[C@@H]([C@H](C)CN4CCOCC4)CC[C@@H]23)CC(O)C(C)C1O. The number of aliphatic hydroxyl groups excluding tert-OH is 2.